The minimum absolute atomic E-state index is 0.246. The SMILES string of the molecule is CCCCN(c1ccc(Cl)cc1-n1ccnn1)S(=O)(=O)c1ccccc1. The van der Waals surface area contributed by atoms with E-state index in [2.05, 4.69) is 10.3 Å². The number of anilines is 1. The number of benzene rings is 2. The summed E-state index contributed by atoms with van der Waals surface area (Å²) in [4.78, 5) is 0.246. The predicted molar refractivity (Wildman–Crippen MR) is 102 cm³/mol. The average molecular weight is 391 g/mol. The summed E-state index contributed by atoms with van der Waals surface area (Å²) in [6.45, 7) is 2.38. The smallest absolute Gasteiger partial charge is 0.264 e. The third-order valence-corrected chi connectivity index (χ3v) is 5.98. The molecule has 26 heavy (non-hydrogen) atoms. The molecule has 0 aliphatic rings. The van der Waals surface area contributed by atoms with Gasteiger partial charge in [-0.3, -0.25) is 4.31 Å². The van der Waals surface area contributed by atoms with E-state index in [0.29, 0.717) is 22.9 Å². The van der Waals surface area contributed by atoms with Crippen LogP contribution in [0.3, 0.4) is 0 Å². The maximum atomic E-state index is 13.3. The largest absolute Gasteiger partial charge is 0.264 e. The number of hydrogen-bond acceptors (Lipinski definition) is 4. The monoisotopic (exact) mass is 390 g/mol. The first kappa shape index (κ1) is 18.4. The molecule has 0 atom stereocenters. The molecule has 6 nitrogen and oxygen atoms in total. The molecular formula is C18H19ClN4O2S. The van der Waals surface area contributed by atoms with Gasteiger partial charge in [-0.1, -0.05) is 48.4 Å². The van der Waals surface area contributed by atoms with Crippen LogP contribution in [0, 0.1) is 0 Å². The van der Waals surface area contributed by atoms with Gasteiger partial charge in [0.25, 0.3) is 10.0 Å². The summed E-state index contributed by atoms with van der Waals surface area (Å²) in [7, 11) is -3.72. The average Bonchev–Trinajstić information content (AvgIpc) is 3.18. The molecule has 1 aromatic heterocycles. The number of nitrogens with zero attached hydrogens (tertiary/aromatic N) is 4. The molecule has 0 amide bonds. The highest BCUT2D eigenvalue weighted by Gasteiger charge is 2.27. The normalized spacial score (nSPS) is 11.5. The van der Waals surface area contributed by atoms with E-state index in [-0.39, 0.29) is 4.90 Å². The first-order valence-electron chi connectivity index (χ1n) is 8.28. The molecule has 0 unspecified atom stereocenters. The van der Waals surface area contributed by atoms with Crippen molar-refractivity contribution in [2.24, 2.45) is 0 Å². The molecule has 8 heteroatoms. The van der Waals surface area contributed by atoms with Crippen molar-refractivity contribution in [3.8, 4) is 5.69 Å². The summed E-state index contributed by atoms with van der Waals surface area (Å²) in [5, 5.41) is 8.30. The van der Waals surface area contributed by atoms with E-state index in [1.165, 1.54) is 15.2 Å². The third-order valence-electron chi connectivity index (χ3n) is 3.92. The van der Waals surface area contributed by atoms with E-state index in [1.807, 2.05) is 6.92 Å². The van der Waals surface area contributed by atoms with Crippen molar-refractivity contribution in [2.45, 2.75) is 24.7 Å². The first-order chi connectivity index (χ1) is 12.5. The minimum Gasteiger partial charge on any atom is -0.264 e. The van der Waals surface area contributed by atoms with Gasteiger partial charge in [-0.15, -0.1) is 5.10 Å². The van der Waals surface area contributed by atoms with Crippen molar-refractivity contribution >= 4 is 27.3 Å². The van der Waals surface area contributed by atoms with Crippen LogP contribution in [0.25, 0.3) is 5.69 Å². The summed E-state index contributed by atoms with van der Waals surface area (Å²) < 4.78 is 29.5. The zero-order chi connectivity index (χ0) is 18.6. The molecule has 0 radical (unpaired) electrons. The summed E-state index contributed by atoms with van der Waals surface area (Å²) in [6, 6.07) is 13.5. The van der Waals surface area contributed by atoms with Crippen LogP contribution < -0.4 is 4.31 Å². The van der Waals surface area contributed by atoms with Gasteiger partial charge >= 0.3 is 0 Å². The van der Waals surface area contributed by atoms with Crippen LogP contribution in [-0.4, -0.2) is 30.0 Å². The molecule has 0 aliphatic carbocycles. The Kier molecular flexibility index (Phi) is 5.58. The molecule has 3 aromatic rings. The van der Waals surface area contributed by atoms with Gasteiger partial charge in [0, 0.05) is 11.6 Å². The van der Waals surface area contributed by atoms with E-state index in [4.69, 9.17) is 11.6 Å². The number of aromatic nitrogens is 3. The van der Waals surface area contributed by atoms with Crippen LogP contribution in [0.15, 0.2) is 65.8 Å². The van der Waals surface area contributed by atoms with Crippen molar-refractivity contribution in [1.82, 2.24) is 15.0 Å². The number of hydrogen-bond donors (Lipinski definition) is 0. The molecular weight excluding hydrogens is 372 g/mol. The Balaban J connectivity index is 2.16. The lowest BCUT2D eigenvalue weighted by Gasteiger charge is -2.26. The Morgan fingerprint density at radius 3 is 2.58 bits per heavy atom. The third kappa shape index (κ3) is 3.73. The summed E-state index contributed by atoms with van der Waals surface area (Å²) in [5.41, 5.74) is 1.07. The molecule has 0 saturated carbocycles. The van der Waals surface area contributed by atoms with Crippen molar-refractivity contribution in [3.05, 3.63) is 65.9 Å². The molecule has 0 fully saturated rings. The Hall–Kier alpha value is -2.38. The van der Waals surface area contributed by atoms with Gasteiger partial charge in [-0.25, -0.2) is 13.1 Å². The van der Waals surface area contributed by atoms with E-state index in [9.17, 15) is 8.42 Å². The maximum absolute atomic E-state index is 13.3. The highest BCUT2D eigenvalue weighted by Crippen LogP contribution is 2.31. The van der Waals surface area contributed by atoms with Crippen LogP contribution >= 0.6 is 11.6 Å². The fourth-order valence-corrected chi connectivity index (χ4v) is 4.32. The Morgan fingerprint density at radius 2 is 1.92 bits per heavy atom. The van der Waals surface area contributed by atoms with Crippen molar-refractivity contribution in [1.29, 1.82) is 0 Å². The standard InChI is InChI=1S/C18H19ClN4O2S/c1-2-3-12-23(26(24,25)16-7-5-4-6-8-16)17-10-9-15(19)14-18(17)22-13-11-20-21-22/h4-11,13-14H,2-3,12H2,1H3. The maximum Gasteiger partial charge on any atom is 0.264 e. The van der Waals surface area contributed by atoms with E-state index >= 15 is 0 Å². The van der Waals surface area contributed by atoms with E-state index < -0.39 is 10.0 Å². The van der Waals surface area contributed by atoms with Gasteiger partial charge in [-0.2, -0.15) is 0 Å². The number of halogens is 1. The Labute approximate surface area is 158 Å². The lowest BCUT2D eigenvalue weighted by atomic mass is 10.2. The molecule has 0 aliphatic heterocycles. The topological polar surface area (TPSA) is 68.1 Å². The van der Waals surface area contributed by atoms with E-state index in [1.54, 1.807) is 54.7 Å². The second-order valence-corrected chi connectivity index (χ2v) is 8.02. The molecule has 2 aromatic carbocycles. The van der Waals surface area contributed by atoms with E-state index in [0.717, 1.165) is 12.8 Å². The van der Waals surface area contributed by atoms with Crippen LogP contribution in [0.5, 0.6) is 0 Å². The fourth-order valence-electron chi connectivity index (χ4n) is 2.62. The molecule has 0 bridgehead atoms. The van der Waals surface area contributed by atoms with Crippen LogP contribution in [0.4, 0.5) is 5.69 Å². The number of unbranched alkanes of at least 4 members (excludes halogenated alkanes) is 1. The van der Waals surface area contributed by atoms with Gasteiger partial charge in [0.2, 0.25) is 0 Å². The Morgan fingerprint density at radius 1 is 1.15 bits per heavy atom. The summed E-state index contributed by atoms with van der Waals surface area (Å²) in [6.07, 6.45) is 4.79. The molecule has 1 heterocycles. The number of sulfonamides is 1. The molecule has 0 saturated heterocycles. The van der Waals surface area contributed by atoms with Crippen LogP contribution in [0.2, 0.25) is 5.02 Å². The highest BCUT2D eigenvalue weighted by atomic mass is 35.5. The first-order valence-corrected chi connectivity index (χ1v) is 10.1. The fraction of sp³-hybridized carbons (Fsp3) is 0.222. The lowest BCUT2D eigenvalue weighted by molar-refractivity contribution is 0.588. The zero-order valence-corrected chi connectivity index (χ0v) is 15.9. The summed E-state index contributed by atoms with van der Waals surface area (Å²) in [5.74, 6) is 0. The molecule has 0 N–H and O–H groups in total. The zero-order valence-electron chi connectivity index (χ0n) is 14.3. The van der Waals surface area contributed by atoms with Gasteiger partial charge in [0.1, 0.15) is 0 Å². The molecule has 3 rings (SSSR count). The summed E-state index contributed by atoms with van der Waals surface area (Å²) >= 11 is 6.14. The highest BCUT2D eigenvalue weighted by molar-refractivity contribution is 7.92. The van der Waals surface area contributed by atoms with Crippen LogP contribution in [0.1, 0.15) is 19.8 Å². The molecule has 136 valence electrons. The van der Waals surface area contributed by atoms with Crippen LogP contribution in [-0.2, 0) is 10.0 Å². The second-order valence-electron chi connectivity index (χ2n) is 5.72. The second kappa shape index (κ2) is 7.88. The quantitative estimate of drug-likeness (QED) is 0.613. The lowest BCUT2D eigenvalue weighted by Crippen LogP contribution is -2.33. The number of rotatable bonds is 7. The van der Waals surface area contributed by atoms with Gasteiger partial charge in [-0.05, 0) is 36.8 Å². The molecule has 0 spiro atoms. The van der Waals surface area contributed by atoms with Crippen molar-refractivity contribution < 1.29 is 8.42 Å². The van der Waals surface area contributed by atoms with Crippen molar-refractivity contribution in [3.63, 3.8) is 0 Å². The van der Waals surface area contributed by atoms with Gasteiger partial charge < -0.3 is 0 Å². The van der Waals surface area contributed by atoms with Crippen molar-refractivity contribution in [2.75, 3.05) is 10.8 Å². The minimum atomic E-state index is -3.72. The Bertz CT molecular complexity index is 960. The van der Waals surface area contributed by atoms with Gasteiger partial charge in [0.15, 0.2) is 0 Å². The predicted octanol–water partition coefficient (Wildman–Crippen LogP) is 3.92. The van der Waals surface area contributed by atoms with Gasteiger partial charge in [0.05, 0.1) is 28.7 Å².